The third kappa shape index (κ3) is 3.46. The van der Waals surface area contributed by atoms with E-state index in [0.717, 1.165) is 23.7 Å². The van der Waals surface area contributed by atoms with Crippen LogP contribution in [0.3, 0.4) is 0 Å². The van der Waals surface area contributed by atoms with Crippen LogP contribution in [0.1, 0.15) is 91.9 Å². The molecule has 26 heavy (non-hydrogen) atoms. The van der Waals surface area contributed by atoms with Gasteiger partial charge in [-0.15, -0.1) is 24.8 Å². The zero-order chi connectivity index (χ0) is 17.5. The van der Waals surface area contributed by atoms with Crippen LogP contribution in [0.15, 0.2) is 0 Å². The van der Waals surface area contributed by atoms with E-state index in [2.05, 4.69) is 27.7 Å². The Kier molecular flexibility index (Phi) is 8.81. The third-order valence-electron chi connectivity index (χ3n) is 9.55. The lowest BCUT2D eigenvalue weighted by molar-refractivity contribution is 0.119. The molecule has 4 heteroatoms. The molecular formula is C22H44Cl2N2. The number of fused-ring (bicyclic) bond motifs is 4. The van der Waals surface area contributed by atoms with Crippen LogP contribution < -0.4 is 11.5 Å². The lowest BCUT2D eigenvalue weighted by Crippen LogP contribution is -2.45. The van der Waals surface area contributed by atoms with Crippen molar-refractivity contribution >= 4 is 24.8 Å². The fourth-order valence-corrected chi connectivity index (χ4v) is 7.81. The zero-order valence-corrected chi connectivity index (χ0v) is 19.1. The molecule has 4 aliphatic carbocycles. The van der Waals surface area contributed by atoms with Gasteiger partial charge >= 0.3 is 0 Å². The first-order valence-corrected chi connectivity index (χ1v) is 11.0. The zero-order valence-electron chi connectivity index (χ0n) is 17.5. The number of nitrogens with two attached hydrogens (primary N) is 2. The molecule has 0 radical (unpaired) electrons. The van der Waals surface area contributed by atoms with Crippen molar-refractivity contribution in [2.75, 3.05) is 0 Å². The van der Waals surface area contributed by atoms with E-state index in [4.69, 9.17) is 11.5 Å². The molecule has 156 valence electrons. The average molecular weight is 408 g/mol. The molecule has 4 saturated carbocycles. The highest BCUT2D eigenvalue weighted by molar-refractivity contribution is 5.85. The van der Waals surface area contributed by atoms with Crippen molar-refractivity contribution in [2.45, 2.75) is 104 Å². The molecule has 0 aromatic heterocycles. The predicted molar refractivity (Wildman–Crippen MR) is 118 cm³/mol. The second-order valence-corrected chi connectivity index (χ2v) is 9.47. The predicted octanol–water partition coefficient (Wildman–Crippen LogP) is 5.94. The Balaban J connectivity index is 0.000000241. The van der Waals surface area contributed by atoms with Crippen molar-refractivity contribution in [1.82, 2.24) is 0 Å². The summed E-state index contributed by atoms with van der Waals surface area (Å²) in [5, 5.41) is 0. The van der Waals surface area contributed by atoms with Crippen LogP contribution in [-0.2, 0) is 0 Å². The lowest BCUT2D eigenvalue weighted by Gasteiger charge is -2.41. The maximum Gasteiger partial charge on any atom is 0.0127 e. The van der Waals surface area contributed by atoms with Gasteiger partial charge in [0.05, 0.1) is 0 Å². The van der Waals surface area contributed by atoms with Gasteiger partial charge in [0.25, 0.3) is 0 Å². The van der Waals surface area contributed by atoms with Gasteiger partial charge in [-0.1, -0.05) is 27.7 Å². The largest absolute Gasteiger partial charge is 0.327 e. The van der Waals surface area contributed by atoms with Crippen LogP contribution >= 0.6 is 24.8 Å². The maximum absolute atomic E-state index is 6.32. The second-order valence-electron chi connectivity index (χ2n) is 9.47. The molecule has 0 aliphatic heterocycles. The van der Waals surface area contributed by atoms with E-state index in [-0.39, 0.29) is 24.8 Å². The summed E-state index contributed by atoms with van der Waals surface area (Å²) in [6.45, 7) is 9.29. The number of rotatable bonds is 4. The van der Waals surface area contributed by atoms with Crippen molar-refractivity contribution < 1.29 is 0 Å². The van der Waals surface area contributed by atoms with Crippen molar-refractivity contribution in [3.8, 4) is 0 Å². The summed E-state index contributed by atoms with van der Waals surface area (Å²) in [7, 11) is 0. The standard InChI is InChI=1S/2C11H21N.2ClH/c2*1-3-11(4-2)9-6-5-8(7-9)10(11)12;;/h2*8-10H,3-7,12H2,1-2H3;2*1H/t2*8-,9+,10-;;/m10../s1. The summed E-state index contributed by atoms with van der Waals surface area (Å²) in [6, 6.07) is 1.04. The molecule has 2 nitrogen and oxygen atoms in total. The van der Waals surface area contributed by atoms with Gasteiger partial charge in [-0.2, -0.15) is 0 Å². The van der Waals surface area contributed by atoms with Crippen LogP contribution in [0.25, 0.3) is 0 Å². The van der Waals surface area contributed by atoms with Gasteiger partial charge in [-0.25, -0.2) is 0 Å². The summed E-state index contributed by atoms with van der Waals surface area (Å²) in [5.41, 5.74) is 13.7. The molecule has 0 aromatic carbocycles. The van der Waals surface area contributed by atoms with Crippen LogP contribution in [0.5, 0.6) is 0 Å². The van der Waals surface area contributed by atoms with E-state index in [1.165, 1.54) is 64.2 Å². The molecule has 4 N–H and O–H groups in total. The Labute approximate surface area is 174 Å². The van der Waals surface area contributed by atoms with Gasteiger partial charge in [0, 0.05) is 12.1 Å². The SMILES string of the molecule is CCC1(CC)[C@@H]2CC[C@@H](C2)[C@@H]1N.CCC1(CC)[C@H]2CC[C@H](C2)[C@H]1N.Cl.Cl. The first-order valence-electron chi connectivity index (χ1n) is 11.0. The lowest BCUT2D eigenvalue weighted by atomic mass is 9.67. The van der Waals surface area contributed by atoms with Crippen LogP contribution in [0.4, 0.5) is 0 Å². The Bertz CT molecular complexity index is 386. The Hall–Kier alpha value is 0.500. The molecule has 0 aromatic rings. The first kappa shape index (κ1) is 24.5. The normalized spacial score (nSPS) is 40.4. The molecule has 4 fully saturated rings. The highest BCUT2D eigenvalue weighted by Gasteiger charge is 2.55. The monoisotopic (exact) mass is 406 g/mol. The second kappa shape index (κ2) is 9.33. The quantitative estimate of drug-likeness (QED) is 0.606. The third-order valence-corrected chi connectivity index (χ3v) is 9.55. The molecule has 6 atom stereocenters. The molecule has 0 amide bonds. The van der Waals surface area contributed by atoms with Gasteiger partial charge in [0.2, 0.25) is 0 Å². The summed E-state index contributed by atoms with van der Waals surface area (Å²) >= 11 is 0. The molecular weight excluding hydrogens is 363 g/mol. The van der Waals surface area contributed by atoms with Crippen molar-refractivity contribution in [2.24, 2.45) is 46.0 Å². The topological polar surface area (TPSA) is 52.0 Å². The molecule has 0 saturated heterocycles. The van der Waals surface area contributed by atoms with Gasteiger partial charge in [-0.3, -0.25) is 0 Å². The molecule has 4 bridgehead atoms. The molecule has 4 aliphatic rings. The summed E-state index contributed by atoms with van der Waals surface area (Å²) < 4.78 is 0. The van der Waals surface area contributed by atoms with Gasteiger partial charge < -0.3 is 11.5 Å². The highest BCUT2D eigenvalue weighted by Crippen LogP contribution is 2.59. The van der Waals surface area contributed by atoms with Gasteiger partial charge in [0.1, 0.15) is 0 Å². The fraction of sp³-hybridized carbons (Fsp3) is 1.00. The number of hydrogen-bond donors (Lipinski definition) is 2. The van der Waals surface area contributed by atoms with Crippen LogP contribution in [-0.4, -0.2) is 12.1 Å². The maximum atomic E-state index is 6.32. The molecule has 0 unspecified atom stereocenters. The van der Waals surface area contributed by atoms with Crippen LogP contribution in [0, 0.1) is 34.5 Å². The van der Waals surface area contributed by atoms with E-state index in [1.807, 2.05) is 0 Å². The smallest absolute Gasteiger partial charge is 0.0127 e. The van der Waals surface area contributed by atoms with E-state index in [9.17, 15) is 0 Å². The number of hydrogen-bond acceptors (Lipinski definition) is 2. The van der Waals surface area contributed by atoms with Gasteiger partial charge in [-0.05, 0) is 98.7 Å². The first-order chi connectivity index (χ1) is 11.5. The van der Waals surface area contributed by atoms with Gasteiger partial charge in [0.15, 0.2) is 0 Å². The molecule has 4 rings (SSSR count). The Morgan fingerprint density at radius 2 is 0.923 bits per heavy atom. The average Bonchev–Trinajstić information content (AvgIpc) is 3.36. The van der Waals surface area contributed by atoms with E-state index >= 15 is 0 Å². The fourth-order valence-electron chi connectivity index (χ4n) is 7.81. The van der Waals surface area contributed by atoms with E-state index in [1.54, 1.807) is 0 Å². The minimum absolute atomic E-state index is 0. The van der Waals surface area contributed by atoms with Crippen molar-refractivity contribution in [3.05, 3.63) is 0 Å². The summed E-state index contributed by atoms with van der Waals surface area (Å²) in [6.07, 6.45) is 13.8. The van der Waals surface area contributed by atoms with Crippen LogP contribution in [0.2, 0.25) is 0 Å². The molecule has 0 spiro atoms. The molecule has 0 heterocycles. The number of halogens is 2. The summed E-state index contributed by atoms with van der Waals surface area (Å²) in [4.78, 5) is 0. The van der Waals surface area contributed by atoms with E-state index < -0.39 is 0 Å². The minimum atomic E-state index is 0. The minimum Gasteiger partial charge on any atom is -0.327 e. The van der Waals surface area contributed by atoms with Crippen molar-refractivity contribution in [3.63, 3.8) is 0 Å². The Morgan fingerprint density at radius 3 is 1.08 bits per heavy atom. The Morgan fingerprint density at radius 1 is 0.615 bits per heavy atom. The summed E-state index contributed by atoms with van der Waals surface area (Å²) in [5.74, 6) is 3.67. The van der Waals surface area contributed by atoms with E-state index in [0.29, 0.717) is 22.9 Å². The highest BCUT2D eigenvalue weighted by atomic mass is 35.5. The van der Waals surface area contributed by atoms with Crippen molar-refractivity contribution in [1.29, 1.82) is 0 Å².